The topological polar surface area (TPSA) is 199 Å². The first-order valence-corrected chi connectivity index (χ1v) is 17.6. The second-order valence-corrected chi connectivity index (χ2v) is 13.2. The van der Waals surface area contributed by atoms with Crippen LogP contribution in [0.15, 0.2) is 0 Å². The number of carboxylic acids is 2. The van der Waals surface area contributed by atoms with Crippen molar-refractivity contribution in [3.8, 4) is 12.3 Å². The molecule has 0 saturated heterocycles. The Kier molecular flexibility index (Phi) is 22.0. The monoisotopic (exact) mass is 713 g/mol. The number of unbranched alkanes of at least 4 members (excludes halogenated alkanes) is 2. The number of hydrogen-bond donors (Lipinski definition) is 4. The van der Waals surface area contributed by atoms with E-state index in [1.165, 1.54) is 4.90 Å². The standard InChI is InChI=1S/C35H59N3O12/c1-7-10-12-28(32(41)42)36-30(39)26-23-25(24-27(26)31(40)37-29(33(43)44)13-11-8-2)38(34(45)50-35(4,5)6)14-16-47-18-20-49-22-21-48-19-17-46-15-9-3/h3,25-29H,7-8,10-24H2,1-2,4-6H3,(H,36,39)(H,37,40)(H,41,42)(H,43,44)/t25?,26-,27-,28+,29?/m1/s1. The van der Waals surface area contributed by atoms with Crippen LogP contribution in [-0.2, 0) is 42.9 Å². The van der Waals surface area contributed by atoms with Crippen LogP contribution in [0.4, 0.5) is 4.79 Å². The highest BCUT2D eigenvalue weighted by molar-refractivity contribution is 5.92. The van der Waals surface area contributed by atoms with Gasteiger partial charge >= 0.3 is 18.0 Å². The molecule has 1 aliphatic carbocycles. The van der Waals surface area contributed by atoms with Gasteiger partial charge in [-0.3, -0.25) is 9.59 Å². The molecule has 3 amide bonds. The first-order valence-electron chi connectivity index (χ1n) is 17.6. The Labute approximate surface area is 296 Å². The van der Waals surface area contributed by atoms with Crippen LogP contribution in [0.3, 0.4) is 0 Å². The third-order valence-corrected chi connectivity index (χ3v) is 7.98. The zero-order valence-corrected chi connectivity index (χ0v) is 30.4. The van der Waals surface area contributed by atoms with E-state index in [0.29, 0.717) is 39.3 Å². The average molecular weight is 714 g/mol. The van der Waals surface area contributed by atoms with Gasteiger partial charge in [0.05, 0.1) is 58.1 Å². The summed E-state index contributed by atoms with van der Waals surface area (Å²) in [6, 6.07) is -2.96. The fraction of sp³-hybridized carbons (Fsp3) is 0.800. The second kappa shape index (κ2) is 24.7. The number of nitrogens with zero attached hydrogens (tertiary/aromatic N) is 1. The molecule has 0 aromatic rings. The lowest BCUT2D eigenvalue weighted by atomic mass is 9.93. The van der Waals surface area contributed by atoms with Crippen molar-refractivity contribution in [1.82, 2.24) is 15.5 Å². The summed E-state index contributed by atoms with van der Waals surface area (Å²) < 4.78 is 27.4. The van der Waals surface area contributed by atoms with Crippen molar-refractivity contribution >= 4 is 29.8 Å². The summed E-state index contributed by atoms with van der Waals surface area (Å²) in [5, 5.41) is 24.6. The Morgan fingerprint density at radius 1 is 0.760 bits per heavy atom. The van der Waals surface area contributed by atoms with Gasteiger partial charge in [0.25, 0.3) is 0 Å². The molecule has 0 bridgehead atoms. The van der Waals surface area contributed by atoms with Gasteiger partial charge in [0.15, 0.2) is 0 Å². The van der Waals surface area contributed by atoms with Crippen LogP contribution in [0, 0.1) is 24.2 Å². The second-order valence-electron chi connectivity index (χ2n) is 13.2. The molecule has 1 saturated carbocycles. The summed E-state index contributed by atoms with van der Waals surface area (Å²) in [6.07, 6.45) is 7.53. The summed E-state index contributed by atoms with van der Waals surface area (Å²) in [4.78, 5) is 66.0. The summed E-state index contributed by atoms with van der Waals surface area (Å²) in [5.41, 5.74) is -0.840. The first kappa shape index (κ1) is 44.6. The molecule has 0 heterocycles. The van der Waals surface area contributed by atoms with Crippen LogP contribution < -0.4 is 10.6 Å². The van der Waals surface area contributed by atoms with Gasteiger partial charge in [-0.15, -0.1) is 6.42 Å². The van der Waals surface area contributed by atoms with E-state index in [1.54, 1.807) is 20.8 Å². The van der Waals surface area contributed by atoms with Crippen molar-refractivity contribution in [3.05, 3.63) is 0 Å². The molecule has 0 radical (unpaired) electrons. The molecule has 0 aromatic carbocycles. The normalized spacial score (nSPS) is 18.4. The molecular formula is C35H59N3O12. The number of amides is 3. The average Bonchev–Trinajstić information content (AvgIpc) is 3.49. The summed E-state index contributed by atoms with van der Waals surface area (Å²) >= 11 is 0. The maximum atomic E-state index is 13.6. The van der Waals surface area contributed by atoms with Gasteiger partial charge in [-0.1, -0.05) is 45.5 Å². The quantitative estimate of drug-likeness (QED) is 0.0756. The van der Waals surface area contributed by atoms with Crippen molar-refractivity contribution in [2.75, 3.05) is 59.4 Å². The molecule has 0 spiro atoms. The van der Waals surface area contributed by atoms with E-state index in [9.17, 15) is 34.2 Å². The Morgan fingerprint density at radius 2 is 1.18 bits per heavy atom. The van der Waals surface area contributed by atoms with Gasteiger partial charge in [0, 0.05) is 12.6 Å². The molecule has 15 nitrogen and oxygen atoms in total. The number of aliphatic carboxylic acids is 2. The van der Waals surface area contributed by atoms with Crippen LogP contribution in [0.5, 0.6) is 0 Å². The van der Waals surface area contributed by atoms with E-state index >= 15 is 0 Å². The number of ether oxygens (including phenoxy) is 5. The maximum Gasteiger partial charge on any atom is 0.410 e. The number of carbonyl (C=O) groups excluding carboxylic acids is 3. The minimum Gasteiger partial charge on any atom is -0.480 e. The van der Waals surface area contributed by atoms with E-state index in [1.807, 2.05) is 13.8 Å². The van der Waals surface area contributed by atoms with Gasteiger partial charge in [-0.2, -0.15) is 0 Å². The Hall–Kier alpha value is -3.45. The fourth-order valence-electron chi connectivity index (χ4n) is 5.43. The third-order valence-electron chi connectivity index (χ3n) is 7.98. The highest BCUT2D eigenvalue weighted by atomic mass is 16.6. The molecule has 1 aliphatic rings. The minimum absolute atomic E-state index is 0.0346. The molecule has 15 heteroatoms. The molecule has 50 heavy (non-hydrogen) atoms. The molecule has 0 aliphatic heterocycles. The zero-order chi connectivity index (χ0) is 37.5. The van der Waals surface area contributed by atoms with E-state index in [-0.39, 0.29) is 58.7 Å². The zero-order valence-electron chi connectivity index (χ0n) is 30.4. The number of carboxylic acid groups (broad SMARTS) is 2. The summed E-state index contributed by atoms with van der Waals surface area (Å²) in [5.74, 6) is -3.33. The number of hydrogen-bond acceptors (Lipinski definition) is 10. The number of carbonyl (C=O) groups is 5. The van der Waals surface area contributed by atoms with Gasteiger partial charge < -0.3 is 49.4 Å². The van der Waals surface area contributed by atoms with Crippen molar-refractivity contribution in [3.63, 3.8) is 0 Å². The van der Waals surface area contributed by atoms with Crippen molar-refractivity contribution in [2.45, 2.75) is 110 Å². The smallest absolute Gasteiger partial charge is 0.410 e. The van der Waals surface area contributed by atoms with Crippen LogP contribution >= 0.6 is 0 Å². The maximum absolute atomic E-state index is 13.6. The van der Waals surface area contributed by atoms with Crippen LogP contribution in [-0.4, -0.2) is 128 Å². The summed E-state index contributed by atoms with van der Waals surface area (Å²) in [6.45, 7) is 11.4. The van der Waals surface area contributed by atoms with Crippen LogP contribution in [0.25, 0.3) is 0 Å². The van der Waals surface area contributed by atoms with Gasteiger partial charge in [-0.25, -0.2) is 14.4 Å². The van der Waals surface area contributed by atoms with E-state index in [0.717, 1.165) is 12.8 Å². The number of nitrogens with one attached hydrogen (secondary N) is 2. The number of rotatable bonds is 26. The third kappa shape index (κ3) is 18.0. The fourth-order valence-corrected chi connectivity index (χ4v) is 5.43. The van der Waals surface area contributed by atoms with Crippen LogP contribution in [0.1, 0.15) is 86.0 Å². The summed E-state index contributed by atoms with van der Waals surface area (Å²) in [7, 11) is 0. The SMILES string of the molecule is C#CCOCCOCCOCCOCCN(C(=O)OC(C)(C)C)C1C[C@@H](C(=O)NC(CCCC)C(=O)O)[C@H](C(=O)N[C@@H](CCCC)C(=O)O)C1. The molecule has 1 fully saturated rings. The lowest BCUT2D eigenvalue weighted by Gasteiger charge is -2.32. The van der Waals surface area contributed by atoms with Crippen molar-refractivity contribution in [1.29, 1.82) is 0 Å². The molecule has 4 N–H and O–H groups in total. The lowest BCUT2D eigenvalue weighted by Crippen LogP contribution is -2.48. The molecular weight excluding hydrogens is 654 g/mol. The Balaban J connectivity index is 3.04. The van der Waals surface area contributed by atoms with Gasteiger partial charge in [-0.05, 0) is 46.5 Å². The first-order chi connectivity index (χ1) is 23.7. The highest BCUT2D eigenvalue weighted by Gasteiger charge is 2.47. The van der Waals surface area contributed by atoms with E-state index in [4.69, 9.17) is 30.1 Å². The predicted octanol–water partition coefficient (Wildman–Crippen LogP) is 2.84. The number of terminal acetylenes is 1. The molecule has 2 unspecified atom stereocenters. The van der Waals surface area contributed by atoms with E-state index < -0.39 is 65.4 Å². The Bertz CT molecular complexity index is 1040. The molecule has 286 valence electrons. The van der Waals surface area contributed by atoms with E-state index in [2.05, 4.69) is 16.6 Å². The lowest BCUT2D eigenvalue weighted by molar-refractivity contribution is -0.145. The van der Waals surface area contributed by atoms with Crippen LogP contribution in [0.2, 0.25) is 0 Å². The van der Waals surface area contributed by atoms with Crippen molar-refractivity contribution in [2.24, 2.45) is 11.8 Å². The Morgan fingerprint density at radius 3 is 1.56 bits per heavy atom. The molecule has 0 aromatic heterocycles. The van der Waals surface area contributed by atoms with Gasteiger partial charge in [0.1, 0.15) is 24.3 Å². The predicted molar refractivity (Wildman–Crippen MR) is 183 cm³/mol. The minimum atomic E-state index is -1.19. The highest BCUT2D eigenvalue weighted by Crippen LogP contribution is 2.36. The largest absolute Gasteiger partial charge is 0.480 e. The van der Waals surface area contributed by atoms with Gasteiger partial charge in [0.2, 0.25) is 11.8 Å². The molecule has 5 atom stereocenters. The van der Waals surface area contributed by atoms with Crippen molar-refractivity contribution < 1.29 is 57.9 Å². The molecule has 1 rings (SSSR count).